The summed E-state index contributed by atoms with van der Waals surface area (Å²) in [5.41, 5.74) is 8.35. The van der Waals surface area contributed by atoms with Gasteiger partial charge in [-0.15, -0.1) is 0 Å². The van der Waals surface area contributed by atoms with E-state index >= 15 is 0 Å². The molecule has 5 heteroatoms. The predicted octanol–water partition coefficient (Wildman–Crippen LogP) is 2.94. The average molecular weight is 336 g/mol. The maximum absolute atomic E-state index is 12.5. The number of halogens is 1. The predicted molar refractivity (Wildman–Crippen MR) is 82.6 cm³/mol. The third-order valence-electron chi connectivity index (χ3n) is 3.18. The second kappa shape index (κ2) is 6.81. The molecule has 0 fully saturated rings. The first-order valence-electron chi connectivity index (χ1n) is 6.68. The SMILES string of the molecule is CCCn1ncc(Br)c1C(=O)Cc1ccccc1CN. The van der Waals surface area contributed by atoms with Crippen molar-refractivity contribution in [2.45, 2.75) is 32.9 Å². The highest BCUT2D eigenvalue weighted by Crippen LogP contribution is 2.20. The van der Waals surface area contributed by atoms with Gasteiger partial charge in [-0.3, -0.25) is 9.48 Å². The average Bonchev–Trinajstić information content (AvgIpc) is 2.81. The molecule has 0 aliphatic carbocycles. The summed E-state index contributed by atoms with van der Waals surface area (Å²) in [4.78, 5) is 12.5. The lowest BCUT2D eigenvalue weighted by atomic mass is 10.0. The molecule has 0 amide bonds. The van der Waals surface area contributed by atoms with Crippen LogP contribution in [0.4, 0.5) is 0 Å². The smallest absolute Gasteiger partial charge is 0.186 e. The van der Waals surface area contributed by atoms with Crippen LogP contribution in [0.1, 0.15) is 35.0 Å². The van der Waals surface area contributed by atoms with Crippen molar-refractivity contribution < 1.29 is 4.79 Å². The lowest BCUT2D eigenvalue weighted by Crippen LogP contribution is -2.14. The van der Waals surface area contributed by atoms with Gasteiger partial charge in [0, 0.05) is 19.5 Å². The summed E-state index contributed by atoms with van der Waals surface area (Å²) in [6.45, 7) is 3.25. The van der Waals surface area contributed by atoms with Crippen LogP contribution in [0.25, 0.3) is 0 Å². The maximum Gasteiger partial charge on any atom is 0.186 e. The van der Waals surface area contributed by atoms with Crippen LogP contribution in [0.5, 0.6) is 0 Å². The van der Waals surface area contributed by atoms with Crippen LogP contribution in [0, 0.1) is 0 Å². The van der Waals surface area contributed by atoms with Crippen LogP contribution >= 0.6 is 15.9 Å². The quantitative estimate of drug-likeness (QED) is 0.825. The number of hydrogen-bond acceptors (Lipinski definition) is 3. The van der Waals surface area contributed by atoms with Crippen molar-refractivity contribution >= 4 is 21.7 Å². The molecule has 0 bridgehead atoms. The fourth-order valence-corrected chi connectivity index (χ4v) is 2.72. The zero-order valence-electron chi connectivity index (χ0n) is 11.5. The third kappa shape index (κ3) is 3.16. The van der Waals surface area contributed by atoms with E-state index in [-0.39, 0.29) is 5.78 Å². The number of ketones is 1. The molecule has 1 aromatic heterocycles. The molecule has 0 saturated carbocycles. The van der Waals surface area contributed by atoms with Gasteiger partial charge in [0.15, 0.2) is 5.78 Å². The summed E-state index contributed by atoms with van der Waals surface area (Å²) in [5, 5.41) is 4.24. The van der Waals surface area contributed by atoms with Crippen molar-refractivity contribution in [1.82, 2.24) is 9.78 Å². The maximum atomic E-state index is 12.5. The Bertz CT molecular complexity index is 607. The van der Waals surface area contributed by atoms with E-state index in [0.717, 1.165) is 28.6 Å². The molecular formula is C15H18BrN3O. The van der Waals surface area contributed by atoms with Crippen molar-refractivity contribution in [3.8, 4) is 0 Å². The molecular weight excluding hydrogens is 318 g/mol. The van der Waals surface area contributed by atoms with Gasteiger partial charge in [-0.05, 0) is 33.5 Å². The number of aryl methyl sites for hydroxylation is 1. The lowest BCUT2D eigenvalue weighted by molar-refractivity contribution is 0.0981. The Kier molecular flexibility index (Phi) is 5.09. The van der Waals surface area contributed by atoms with Crippen LogP contribution in [-0.2, 0) is 19.5 Å². The Hall–Kier alpha value is -1.46. The lowest BCUT2D eigenvalue weighted by Gasteiger charge is -2.09. The molecule has 0 spiro atoms. The van der Waals surface area contributed by atoms with Gasteiger partial charge < -0.3 is 5.73 Å². The highest BCUT2D eigenvalue weighted by Gasteiger charge is 2.18. The van der Waals surface area contributed by atoms with E-state index in [9.17, 15) is 4.79 Å². The highest BCUT2D eigenvalue weighted by molar-refractivity contribution is 9.10. The number of nitrogens with two attached hydrogens (primary N) is 1. The molecule has 0 aliphatic rings. The molecule has 2 N–H and O–H groups in total. The van der Waals surface area contributed by atoms with Crippen molar-refractivity contribution in [3.63, 3.8) is 0 Å². The Balaban J connectivity index is 2.26. The number of hydrogen-bond donors (Lipinski definition) is 1. The molecule has 2 rings (SSSR count). The minimum atomic E-state index is 0.0590. The Morgan fingerprint density at radius 1 is 1.35 bits per heavy atom. The highest BCUT2D eigenvalue weighted by atomic mass is 79.9. The third-order valence-corrected chi connectivity index (χ3v) is 3.76. The van der Waals surface area contributed by atoms with Gasteiger partial charge in [0.2, 0.25) is 0 Å². The summed E-state index contributed by atoms with van der Waals surface area (Å²) in [5.74, 6) is 0.0590. The summed E-state index contributed by atoms with van der Waals surface area (Å²) in [6, 6.07) is 7.78. The minimum Gasteiger partial charge on any atom is -0.326 e. The second-order valence-electron chi connectivity index (χ2n) is 4.64. The van der Waals surface area contributed by atoms with Crippen LogP contribution < -0.4 is 5.73 Å². The first kappa shape index (κ1) is 14.9. The van der Waals surface area contributed by atoms with Gasteiger partial charge in [0.25, 0.3) is 0 Å². The number of aromatic nitrogens is 2. The normalized spacial score (nSPS) is 10.8. The molecule has 2 aromatic rings. The second-order valence-corrected chi connectivity index (χ2v) is 5.49. The topological polar surface area (TPSA) is 60.9 Å². The van der Waals surface area contributed by atoms with Crippen LogP contribution in [0.3, 0.4) is 0 Å². The molecule has 0 unspecified atom stereocenters. The van der Waals surface area contributed by atoms with Gasteiger partial charge in [0.05, 0.1) is 10.7 Å². The number of carbonyl (C=O) groups excluding carboxylic acids is 1. The standard InChI is InChI=1S/C15H18BrN3O/c1-2-7-19-15(13(16)10-18-19)14(20)8-11-5-3-4-6-12(11)9-17/h3-6,10H,2,7-9,17H2,1H3. The van der Waals surface area contributed by atoms with E-state index in [0.29, 0.717) is 18.7 Å². The zero-order valence-corrected chi connectivity index (χ0v) is 13.1. The van der Waals surface area contributed by atoms with Gasteiger partial charge in [-0.2, -0.15) is 5.10 Å². The Morgan fingerprint density at radius 2 is 2.05 bits per heavy atom. The van der Waals surface area contributed by atoms with E-state index < -0.39 is 0 Å². The molecule has 4 nitrogen and oxygen atoms in total. The molecule has 20 heavy (non-hydrogen) atoms. The van der Waals surface area contributed by atoms with Crippen molar-refractivity contribution in [2.75, 3.05) is 0 Å². The molecule has 106 valence electrons. The minimum absolute atomic E-state index is 0.0590. The molecule has 0 radical (unpaired) electrons. The van der Waals surface area contributed by atoms with Crippen LogP contribution in [-0.4, -0.2) is 15.6 Å². The summed E-state index contributed by atoms with van der Waals surface area (Å²) in [7, 11) is 0. The molecule has 0 aliphatic heterocycles. The van der Waals surface area contributed by atoms with E-state index in [2.05, 4.69) is 28.0 Å². The zero-order chi connectivity index (χ0) is 14.5. The number of benzene rings is 1. The first-order chi connectivity index (χ1) is 9.67. The molecule has 0 atom stereocenters. The molecule has 1 heterocycles. The molecule has 1 aromatic carbocycles. The summed E-state index contributed by atoms with van der Waals surface area (Å²) >= 11 is 3.41. The van der Waals surface area contributed by atoms with E-state index in [4.69, 9.17) is 5.73 Å². The fourth-order valence-electron chi connectivity index (χ4n) is 2.21. The Labute approximate surface area is 127 Å². The molecule has 0 saturated heterocycles. The largest absolute Gasteiger partial charge is 0.326 e. The van der Waals surface area contributed by atoms with Gasteiger partial charge in [-0.25, -0.2) is 0 Å². The fraction of sp³-hybridized carbons (Fsp3) is 0.333. The number of nitrogens with zero attached hydrogens (tertiary/aromatic N) is 2. The van der Waals surface area contributed by atoms with E-state index in [1.54, 1.807) is 10.9 Å². The number of rotatable bonds is 6. The Morgan fingerprint density at radius 3 is 2.70 bits per heavy atom. The first-order valence-corrected chi connectivity index (χ1v) is 7.48. The summed E-state index contributed by atoms with van der Waals surface area (Å²) in [6.07, 6.45) is 2.97. The van der Waals surface area contributed by atoms with Crippen LogP contribution in [0.15, 0.2) is 34.9 Å². The van der Waals surface area contributed by atoms with E-state index in [1.807, 2.05) is 24.3 Å². The number of Topliss-reactive ketones (excluding diaryl/α,β-unsaturated/α-hetero) is 1. The van der Waals surface area contributed by atoms with Crippen LogP contribution in [0.2, 0.25) is 0 Å². The van der Waals surface area contributed by atoms with E-state index in [1.165, 1.54) is 0 Å². The van der Waals surface area contributed by atoms with Crippen molar-refractivity contribution in [2.24, 2.45) is 5.73 Å². The van der Waals surface area contributed by atoms with Crippen molar-refractivity contribution in [3.05, 3.63) is 51.8 Å². The van der Waals surface area contributed by atoms with Gasteiger partial charge >= 0.3 is 0 Å². The van der Waals surface area contributed by atoms with Gasteiger partial charge in [0.1, 0.15) is 5.69 Å². The summed E-state index contributed by atoms with van der Waals surface area (Å²) < 4.78 is 2.51. The number of carbonyl (C=O) groups is 1. The van der Waals surface area contributed by atoms with Crippen molar-refractivity contribution in [1.29, 1.82) is 0 Å². The van der Waals surface area contributed by atoms with Gasteiger partial charge in [-0.1, -0.05) is 31.2 Å². The monoisotopic (exact) mass is 335 g/mol.